The number of rotatable bonds is 2. The minimum absolute atomic E-state index is 0.441. The number of halogens is 4. The third-order valence-electron chi connectivity index (χ3n) is 1.42. The number of alkyl halides is 3. The van der Waals surface area contributed by atoms with Gasteiger partial charge in [-0.2, -0.15) is 13.2 Å². The summed E-state index contributed by atoms with van der Waals surface area (Å²) in [6.07, 6.45) is -3.97. The van der Waals surface area contributed by atoms with Crippen LogP contribution in [0.4, 0.5) is 13.2 Å². The molecule has 4 heteroatoms. The number of benzene rings is 1. The van der Waals surface area contributed by atoms with Crippen LogP contribution in [0.2, 0.25) is 5.02 Å². The molecule has 71 valence electrons. The van der Waals surface area contributed by atoms with Crippen LogP contribution >= 0.6 is 11.6 Å². The Hall–Kier alpha value is -0.700. The Labute approximate surface area is 79.3 Å². The van der Waals surface area contributed by atoms with E-state index in [1.54, 1.807) is 18.2 Å². The van der Waals surface area contributed by atoms with E-state index >= 15 is 0 Å². The van der Waals surface area contributed by atoms with E-state index in [1.807, 2.05) is 0 Å². The Bertz CT molecular complexity index is 280. The standard InChI is InChI=1S/C9H7ClF3/c10-8-3-1-2-7(6-8)4-5-9(11,12)13/h1-4,6H,5H2. The van der Waals surface area contributed by atoms with Crippen molar-refractivity contribution in [2.24, 2.45) is 0 Å². The fourth-order valence-corrected chi connectivity index (χ4v) is 1.07. The first-order chi connectivity index (χ1) is 5.97. The lowest BCUT2D eigenvalue weighted by atomic mass is 10.1. The smallest absolute Gasteiger partial charge is 0.171 e. The van der Waals surface area contributed by atoms with Crippen molar-refractivity contribution in [3.05, 3.63) is 41.3 Å². The maximum absolute atomic E-state index is 11.8. The third kappa shape index (κ3) is 4.18. The molecule has 1 aromatic carbocycles. The first-order valence-electron chi connectivity index (χ1n) is 3.63. The molecule has 0 N–H and O–H groups in total. The molecular formula is C9H7ClF3. The first kappa shape index (κ1) is 10.4. The van der Waals surface area contributed by atoms with Crippen molar-refractivity contribution in [1.82, 2.24) is 0 Å². The Morgan fingerprint density at radius 2 is 2.00 bits per heavy atom. The highest BCUT2D eigenvalue weighted by Gasteiger charge is 2.26. The molecule has 0 aliphatic carbocycles. The molecule has 0 amide bonds. The minimum Gasteiger partial charge on any atom is -0.171 e. The summed E-state index contributed by atoms with van der Waals surface area (Å²) < 4.78 is 35.3. The van der Waals surface area contributed by atoms with E-state index in [0.717, 1.165) is 6.42 Å². The van der Waals surface area contributed by atoms with Gasteiger partial charge in [0.2, 0.25) is 0 Å². The van der Waals surface area contributed by atoms with E-state index in [1.165, 1.54) is 6.07 Å². The van der Waals surface area contributed by atoms with Gasteiger partial charge in [-0.15, -0.1) is 0 Å². The summed E-state index contributed by atoms with van der Waals surface area (Å²) in [4.78, 5) is 0. The molecule has 0 aromatic heterocycles. The quantitative estimate of drug-likeness (QED) is 0.691. The minimum atomic E-state index is -4.15. The van der Waals surface area contributed by atoms with Crippen molar-refractivity contribution in [2.75, 3.05) is 0 Å². The van der Waals surface area contributed by atoms with Gasteiger partial charge in [0.15, 0.2) is 0 Å². The maximum Gasteiger partial charge on any atom is 0.389 e. The lowest BCUT2D eigenvalue weighted by Gasteiger charge is -2.05. The van der Waals surface area contributed by atoms with Gasteiger partial charge in [-0.3, -0.25) is 0 Å². The molecule has 0 spiro atoms. The van der Waals surface area contributed by atoms with Crippen molar-refractivity contribution in [1.29, 1.82) is 0 Å². The van der Waals surface area contributed by atoms with Gasteiger partial charge >= 0.3 is 6.18 Å². The Balaban J connectivity index is 2.55. The van der Waals surface area contributed by atoms with Crippen molar-refractivity contribution in [2.45, 2.75) is 12.6 Å². The van der Waals surface area contributed by atoms with E-state index < -0.39 is 12.6 Å². The SMILES string of the molecule is FC(F)(F)C[CH]c1cccc(Cl)c1. The highest BCUT2D eigenvalue weighted by atomic mass is 35.5. The van der Waals surface area contributed by atoms with Crippen molar-refractivity contribution >= 4 is 11.6 Å². The van der Waals surface area contributed by atoms with Crippen LogP contribution in [0.3, 0.4) is 0 Å². The Kier molecular flexibility index (Phi) is 3.20. The lowest BCUT2D eigenvalue weighted by Crippen LogP contribution is -2.07. The van der Waals surface area contributed by atoms with Gasteiger partial charge < -0.3 is 0 Å². The van der Waals surface area contributed by atoms with E-state index in [-0.39, 0.29) is 0 Å². The van der Waals surface area contributed by atoms with Gasteiger partial charge in [0.25, 0.3) is 0 Å². The molecular weight excluding hydrogens is 201 g/mol. The number of hydrogen-bond donors (Lipinski definition) is 0. The van der Waals surface area contributed by atoms with Crippen LogP contribution in [-0.2, 0) is 0 Å². The highest BCUT2D eigenvalue weighted by Crippen LogP contribution is 2.24. The molecule has 0 heterocycles. The summed E-state index contributed by atoms with van der Waals surface area (Å²) in [5.74, 6) is 0. The topological polar surface area (TPSA) is 0 Å². The molecule has 0 fully saturated rings. The largest absolute Gasteiger partial charge is 0.389 e. The molecule has 1 aromatic rings. The Morgan fingerprint density at radius 1 is 1.31 bits per heavy atom. The average Bonchev–Trinajstić information content (AvgIpc) is 2.00. The van der Waals surface area contributed by atoms with Gasteiger partial charge in [-0.05, 0) is 24.1 Å². The zero-order chi connectivity index (χ0) is 9.90. The van der Waals surface area contributed by atoms with Gasteiger partial charge in [0.1, 0.15) is 0 Å². The molecule has 0 atom stereocenters. The van der Waals surface area contributed by atoms with Gasteiger partial charge in [0.05, 0.1) is 6.42 Å². The van der Waals surface area contributed by atoms with Crippen LogP contribution in [0, 0.1) is 6.42 Å². The molecule has 0 aliphatic heterocycles. The molecule has 0 bridgehead atoms. The van der Waals surface area contributed by atoms with Crippen LogP contribution in [0.15, 0.2) is 24.3 Å². The summed E-state index contributed by atoms with van der Waals surface area (Å²) in [5, 5.41) is 0.441. The zero-order valence-electron chi connectivity index (χ0n) is 6.61. The molecule has 0 unspecified atom stereocenters. The normalized spacial score (nSPS) is 11.7. The first-order valence-corrected chi connectivity index (χ1v) is 4.01. The predicted octanol–water partition coefficient (Wildman–Crippen LogP) is 3.84. The number of hydrogen-bond acceptors (Lipinski definition) is 0. The fourth-order valence-electron chi connectivity index (χ4n) is 0.867. The molecule has 0 aliphatic rings. The third-order valence-corrected chi connectivity index (χ3v) is 1.65. The van der Waals surface area contributed by atoms with Gasteiger partial charge in [-0.1, -0.05) is 23.7 Å². The average molecular weight is 208 g/mol. The highest BCUT2D eigenvalue weighted by molar-refractivity contribution is 6.30. The van der Waals surface area contributed by atoms with E-state index in [0.29, 0.717) is 10.6 Å². The molecule has 13 heavy (non-hydrogen) atoms. The molecule has 0 nitrogen and oxygen atoms in total. The van der Waals surface area contributed by atoms with Crippen molar-refractivity contribution < 1.29 is 13.2 Å². The maximum atomic E-state index is 11.8. The second kappa shape index (κ2) is 4.01. The summed E-state index contributed by atoms with van der Waals surface area (Å²) in [6, 6.07) is 6.31. The summed E-state index contributed by atoms with van der Waals surface area (Å²) >= 11 is 5.59. The second-order valence-corrected chi connectivity index (χ2v) is 3.01. The lowest BCUT2D eigenvalue weighted by molar-refractivity contribution is -0.127. The second-order valence-electron chi connectivity index (χ2n) is 2.58. The molecule has 1 radical (unpaired) electrons. The van der Waals surface area contributed by atoms with Crippen LogP contribution in [0.25, 0.3) is 0 Å². The van der Waals surface area contributed by atoms with E-state index in [2.05, 4.69) is 0 Å². The van der Waals surface area contributed by atoms with Gasteiger partial charge in [-0.25, -0.2) is 0 Å². The Morgan fingerprint density at radius 3 is 2.54 bits per heavy atom. The zero-order valence-corrected chi connectivity index (χ0v) is 7.36. The summed E-state index contributed by atoms with van der Waals surface area (Å²) in [7, 11) is 0. The van der Waals surface area contributed by atoms with Crippen LogP contribution < -0.4 is 0 Å². The monoisotopic (exact) mass is 207 g/mol. The van der Waals surface area contributed by atoms with E-state index in [9.17, 15) is 13.2 Å². The predicted molar refractivity (Wildman–Crippen MR) is 45.5 cm³/mol. The van der Waals surface area contributed by atoms with Crippen molar-refractivity contribution in [3.8, 4) is 0 Å². The molecule has 0 saturated carbocycles. The summed E-state index contributed by atoms with van der Waals surface area (Å²) in [5.41, 5.74) is 0.491. The molecule has 0 saturated heterocycles. The summed E-state index contributed by atoms with van der Waals surface area (Å²) in [6.45, 7) is 0. The van der Waals surface area contributed by atoms with Crippen molar-refractivity contribution in [3.63, 3.8) is 0 Å². The fraction of sp³-hybridized carbons (Fsp3) is 0.222. The molecule has 1 rings (SSSR count). The van der Waals surface area contributed by atoms with Crippen LogP contribution in [-0.4, -0.2) is 6.18 Å². The van der Waals surface area contributed by atoms with Gasteiger partial charge in [0, 0.05) is 5.02 Å². The van der Waals surface area contributed by atoms with Crippen LogP contribution in [0.1, 0.15) is 12.0 Å². The van der Waals surface area contributed by atoms with Crippen LogP contribution in [0.5, 0.6) is 0 Å². The van der Waals surface area contributed by atoms with E-state index in [4.69, 9.17) is 11.6 Å².